The predicted octanol–water partition coefficient (Wildman–Crippen LogP) is 7.90. The third kappa shape index (κ3) is 5.12. The first-order valence-electron chi connectivity index (χ1n) is 11.9. The molecule has 0 radical (unpaired) electrons. The van der Waals surface area contributed by atoms with Crippen LogP contribution in [-0.2, 0) is 12.8 Å². The molecule has 6 nitrogen and oxygen atoms in total. The number of aliphatic hydroxyl groups excluding tert-OH is 1. The van der Waals surface area contributed by atoms with E-state index in [-0.39, 0.29) is 22.3 Å². The third-order valence-corrected chi connectivity index (χ3v) is 7.39. The number of alkyl halides is 3. The molecule has 5 aromatic rings. The minimum atomic E-state index is -4.64. The van der Waals surface area contributed by atoms with Crippen LogP contribution in [0.3, 0.4) is 0 Å². The van der Waals surface area contributed by atoms with E-state index in [0.29, 0.717) is 44.4 Å². The lowest BCUT2D eigenvalue weighted by molar-refractivity contribution is -0.141. The fraction of sp³-hybridized carbons (Fsp3) is 0.179. The molecule has 0 saturated carbocycles. The van der Waals surface area contributed by atoms with Crippen molar-refractivity contribution in [1.29, 1.82) is 0 Å². The first-order valence-corrected chi connectivity index (χ1v) is 13.5. The molecule has 0 bridgehead atoms. The zero-order valence-electron chi connectivity index (χ0n) is 21.3. The van der Waals surface area contributed by atoms with Crippen LogP contribution in [0.15, 0.2) is 64.2 Å². The number of oxazole rings is 1. The number of hydrogen-bond acceptors (Lipinski definition) is 6. The summed E-state index contributed by atoms with van der Waals surface area (Å²) in [6.45, 7) is 2.65. The molecule has 206 valence electrons. The fourth-order valence-electron chi connectivity index (χ4n) is 4.43. The molecule has 0 aliphatic heterocycles. The van der Waals surface area contributed by atoms with Gasteiger partial charge in [-0.1, -0.05) is 17.7 Å². The van der Waals surface area contributed by atoms with Gasteiger partial charge in [-0.15, -0.1) is 11.8 Å². The van der Waals surface area contributed by atoms with E-state index in [4.69, 9.17) is 16.0 Å². The van der Waals surface area contributed by atoms with E-state index in [9.17, 15) is 22.7 Å². The van der Waals surface area contributed by atoms with Gasteiger partial charge in [-0.2, -0.15) is 13.2 Å². The Bertz CT molecular complexity index is 1730. The molecular formula is C28H21ClF4N4O2S. The zero-order valence-corrected chi connectivity index (χ0v) is 22.9. The number of halogens is 5. The first-order chi connectivity index (χ1) is 19.0. The molecule has 5 rings (SSSR count). The van der Waals surface area contributed by atoms with Crippen molar-refractivity contribution < 1.29 is 27.1 Å². The summed E-state index contributed by atoms with van der Waals surface area (Å²) in [4.78, 5) is 12.9. The summed E-state index contributed by atoms with van der Waals surface area (Å²) in [5.74, 6) is 0.0953. The van der Waals surface area contributed by atoms with Crippen molar-refractivity contribution in [3.63, 3.8) is 0 Å². The number of imidazole rings is 1. The topological polar surface area (TPSA) is 77.0 Å². The van der Waals surface area contributed by atoms with E-state index in [2.05, 4.69) is 15.0 Å². The van der Waals surface area contributed by atoms with E-state index in [1.807, 2.05) is 0 Å². The monoisotopic (exact) mass is 588 g/mol. The standard InChI is InChI=1S/C28H21ClF4N4O2S/c1-14-35-24(28(31,32)33)12-37(14)22-7-6-16(17-10-21(30)20(13-38)23(11-17)40-3)9-19(22)25-26(39-15(2)36-25)18-5-4-8-34-27(18)29/h4-12,38H,13H2,1-3H3. The molecule has 2 aromatic carbocycles. The molecule has 1 N–H and O–H groups in total. The normalized spacial score (nSPS) is 11.8. The van der Waals surface area contributed by atoms with Crippen molar-refractivity contribution in [3.8, 4) is 39.4 Å². The highest BCUT2D eigenvalue weighted by Gasteiger charge is 2.35. The Morgan fingerprint density at radius 3 is 2.48 bits per heavy atom. The first kappa shape index (κ1) is 27.9. The summed E-state index contributed by atoms with van der Waals surface area (Å²) in [6, 6.07) is 11.4. The quantitative estimate of drug-likeness (QED) is 0.123. The number of aryl methyl sites for hydroxylation is 2. The van der Waals surface area contributed by atoms with Crippen LogP contribution in [-0.4, -0.2) is 30.9 Å². The van der Waals surface area contributed by atoms with Gasteiger partial charge >= 0.3 is 6.18 Å². The van der Waals surface area contributed by atoms with Gasteiger partial charge in [-0.3, -0.25) is 0 Å². The third-order valence-electron chi connectivity index (χ3n) is 6.29. The number of nitrogens with zero attached hydrogens (tertiary/aromatic N) is 4. The zero-order chi connectivity index (χ0) is 28.8. The molecule has 0 aliphatic carbocycles. The summed E-state index contributed by atoms with van der Waals surface area (Å²) >= 11 is 7.65. The maximum Gasteiger partial charge on any atom is 0.434 e. The number of aliphatic hydroxyl groups is 1. The molecule has 0 atom stereocenters. The van der Waals surface area contributed by atoms with Gasteiger partial charge in [0.05, 0.1) is 17.9 Å². The maximum atomic E-state index is 14.9. The molecule has 12 heteroatoms. The molecule has 0 amide bonds. The minimum absolute atomic E-state index is 0.102. The van der Waals surface area contributed by atoms with Crippen LogP contribution in [0.25, 0.3) is 39.4 Å². The van der Waals surface area contributed by atoms with E-state index in [0.717, 1.165) is 6.20 Å². The summed E-state index contributed by atoms with van der Waals surface area (Å²) < 4.78 is 62.7. The van der Waals surface area contributed by atoms with E-state index in [1.54, 1.807) is 49.6 Å². The highest BCUT2D eigenvalue weighted by atomic mass is 35.5. The van der Waals surface area contributed by atoms with Crippen molar-refractivity contribution in [1.82, 2.24) is 19.5 Å². The van der Waals surface area contributed by atoms with Crippen LogP contribution < -0.4 is 0 Å². The van der Waals surface area contributed by atoms with Gasteiger partial charge < -0.3 is 14.1 Å². The molecule has 3 aromatic heterocycles. The number of benzene rings is 2. The largest absolute Gasteiger partial charge is 0.440 e. The highest BCUT2D eigenvalue weighted by molar-refractivity contribution is 7.98. The van der Waals surface area contributed by atoms with Gasteiger partial charge in [0, 0.05) is 35.3 Å². The number of thioether (sulfide) groups is 1. The SMILES string of the molecule is CSc1cc(-c2ccc(-n3cc(C(F)(F)F)nc3C)c(-c3nc(C)oc3-c3cccnc3Cl)c2)cc(F)c1CO. The summed E-state index contributed by atoms with van der Waals surface area (Å²) in [5, 5.41) is 9.77. The molecule has 40 heavy (non-hydrogen) atoms. The Labute approximate surface area is 235 Å². The molecule has 0 fully saturated rings. The van der Waals surface area contributed by atoms with Crippen LogP contribution >= 0.6 is 23.4 Å². The van der Waals surface area contributed by atoms with Gasteiger partial charge in [0.1, 0.15) is 22.5 Å². The van der Waals surface area contributed by atoms with Gasteiger partial charge in [0.15, 0.2) is 17.3 Å². The lowest BCUT2D eigenvalue weighted by Crippen LogP contribution is -2.05. The Balaban J connectivity index is 1.79. The van der Waals surface area contributed by atoms with Crippen LogP contribution in [0.5, 0.6) is 0 Å². The van der Waals surface area contributed by atoms with Gasteiger partial charge in [-0.25, -0.2) is 19.3 Å². The smallest absolute Gasteiger partial charge is 0.434 e. The van der Waals surface area contributed by atoms with E-state index >= 15 is 0 Å². The van der Waals surface area contributed by atoms with Crippen molar-refractivity contribution in [2.45, 2.75) is 31.5 Å². The Kier molecular flexibility index (Phi) is 7.47. The molecular weight excluding hydrogens is 568 g/mol. The predicted molar refractivity (Wildman–Crippen MR) is 145 cm³/mol. The second kappa shape index (κ2) is 10.7. The molecule has 0 unspecified atom stereocenters. The van der Waals surface area contributed by atoms with Gasteiger partial charge in [0.25, 0.3) is 0 Å². The van der Waals surface area contributed by atoms with E-state index < -0.39 is 24.3 Å². The summed E-state index contributed by atoms with van der Waals surface area (Å²) in [5.41, 5.74) is 1.70. The molecule has 0 saturated heterocycles. The van der Waals surface area contributed by atoms with Crippen molar-refractivity contribution >= 4 is 23.4 Å². The average molecular weight is 589 g/mol. The van der Waals surface area contributed by atoms with Gasteiger partial charge in [0.2, 0.25) is 0 Å². The number of hydrogen-bond donors (Lipinski definition) is 1. The second-order valence-corrected chi connectivity index (χ2v) is 10.0. The van der Waals surface area contributed by atoms with Crippen LogP contribution in [0.4, 0.5) is 17.6 Å². The molecule has 3 heterocycles. The molecule has 0 spiro atoms. The summed E-state index contributed by atoms with van der Waals surface area (Å²) in [7, 11) is 0. The average Bonchev–Trinajstić information content (AvgIpc) is 3.50. The maximum absolute atomic E-state index is 14.9. The number of aromatic nitrogens is 4. The Hall–Kier alpha value is -3.67. The van der Waals surface area contributed by atoms with Crippen LogP contribution in [0.2, 0.25) is 5.15 Å². The number of pyridine rings is 1. The minimum Gasteiger partial charge on any atom is -0.440 e. The van der Waals surface area contributed by atoms with Crippen LogP contribution in [0.1, 0.15) is 23.0 Å². The fourth-order valence-corrected chi connectivity index (χ4v) is 5.29. The van der Waals surface area contributed by atoms with Crippen molar-refractivity contribution in [2.75, 3.05) is 6.26 Å². The Morgan fingerprint density at radius 2 is 1.82 bits per heavy atom. The van der Waals surface area contributed by atoms with Crippen LogP contribution in [0, 0.1) is 19.7 Å². The number of rotatable bonds is 6. The lowest BCUT2D eigenvalue weighted by atomic mass is 9.97. The highest BCUT2D eigenvalue weighted by Crippen LogP contribution is 2.41. The van der Waals surface area contributed by atoms with E-state index in [1.165, 1.54) is 35.5 Å². The van der Waals surface area contributed by atoms with Gasteiger partial charge in [-0.05, 0) is 60.7 Å². The second-order valence-electron chi connectivity index (χ2n) is 8.82. The molecule has 0 aliphatic rings. The lowest BCUT2D eigenvalue weighted by Gasteiger charge is -2.15. The van der Waals surface area contributed by atoms with Crippen molar-refractivity contribution in [2.24, 2.45) is 0 Å². The van der Waals surface area contributed by atoms with Crippen molar-refractivity contribution in [3.05, 3.63) is 88.8 Å². The summed E-state index contributed by atoms with van der Waals surface area (Å²) in [6.07, 6.45) is -0.440. The Morgan fingerprint density at radius 1 is 1.05 bits per heavy atom.